The lowest BCUT2D eigenvalue weighted by atomic mass is 9.89. The van der Waals surface area contributed by atoms with Crippen LogP contribution in [0.5, 0.6) is 0 Å². The van der Waals surface area contributed by atoms with E-state index in [0.717, 1.165) is 47.3 Å². The second-order valence-corrected chi connectivity index (χ2v) is 9.90. The third kappa shape index (κ3) is 6.19. The van der Waals surface area contributed by atoms with E-state index in [1.54, 1.807) is 0 Å². The largest absolute Gasteiger partial charge is 0.467 e. The first-order valence-electron chi connectivity index (χ1n) is 13.2. The van der Waals surface area contributed by atoms with Crippen LogP contribution in [0.15, 0.2) is 48.5 Å². The molecule has 0 amide bonds. The van der Waals surface area contributed by atoms with Crippen molar-refractivity contribution in [3.8, 4) is 22.5 Å². The minimum atomic E-state index is -1.44. The van der Waals surface area contributed by atoms with Crippen LogP contribution in [0.2, 0.25) is 5.15 Å². The van der Waals surface area contributed by atoms with E-state index < -0.39 is 11.5 Å². The second kappa shape index (κ2) is 13.0. The minimum Gasteiger partial charge on any atom is -0.467 e. The zero-order valence-corrected chi connectivity index (χ0v) is 23.1. The highest BCUT2D eigenvalue weighted by Crippen LogP contribution is 2.34. The molecule has 1 atom stereocenters. The summed E-state index contributed by atoms with van der Waals surface area (Å²) in [6.45, 7) is 3.08. The molecule has 206 valence electrons. The van der Waals surface area contributed by atoms with Gasteiger partial charge < -0.3 is 20.8 Å². The summed E-state index contributed by atoms with van der Waals surface area (Å²) in [6.07, 6.45) is 4.38. The Morgan fingerprint density at radius 3 is 2.49 bits per heavy atom. The Bertz CT molecular complexity index is 1370. The molecule has 10 nitrogen and oxygen atoms in total. The number of nitrogens with one attached hydrogen (secondary N) is 1. The van der Waals surface area contributed by atoms with Crippen LogP contribution in [0.4, 0.5) is 0 Å². The summed E-state index contributed by atoms with van der Waals surface area (Å²) in [5, 5.41) is 14.7. The molecule has 0 aliphatic heterocycles. The molecule has 0 bridgehead atoms. The number of ether oxygens (including phenoxy) is 1. The molecule has 4 rings (SSSR count). The lowest BCUT2D eigenvalue weighted by Crippen LogP contribution is -2.47. The van der Waals surface area contributed by atoms with Gasteiger partial charge in [-0.2, -0.15) is 5.21 Å². The molecule has 2 aromatic heterocycles. The molecule has 5 N–H and O–H groups in total. The van der Waals surface area contributed by atoms with Gasteiger partial charge in [0.05, 0.1) is 12.8 Å². The first-order valence-corrected chi connectivity index (χ1v) is 13.6. The topological polar surface area (TPSA) is 151 Å². The van der Waals surface area contributed by atoms with Crippen molar-refractivity contribution >= 4 is 17.6 Å². The number of carbonyl (C=O) groups excluding carboxylic acids is 1. The third-order valence-electron chi connectivity index (χ3n) is 6.87. The Hall–Kier alpha value is -3.60. The number of aryl methyl sites for hydroxylation is 1. The molecule has 2 aromatic carbocycles. The Morgan fingerprint density at radius 2 is 1.85 bits per heavy atom. The number of benzene rings is 2. The maximum Gasteiger partial charge on any atom is 0.332 e. The van der Waals surface area contributed by atoms with Crippen molar-refractivity contribution in [3.63, 3.8) is 0 Å². The zero-order valence-electron chi connectivity index (χ0n) is 22.4. The van der Waals surface area contributed by atoms with E-state index in [-0.39, 0.29) is 5.15 Å². The zero-order chi connectivity index (χ0) is 27.8. The van der Waals surface area contributed by atoms with Crippen LogP contribution < -0.4 is 11.5 Å². The third-order valence-corrected chi connectivity index (χ3v) is 7.14. The number of aromatic amines is 1. The van der Waals surface area contributed by atoms with E-state index in [4.69, 9.17) is 27.8 Å². The van der Waals surface area contributed by atoms with Crippen LogP contribution in [0, 0.1) is 0 Å². The maximum atomic E-state index is 13.0. The van der Waals surface area contributed by atoms with Gasteiger partial charge in [0.1, 0.15) is 5.82 Å². The van der Waals surface area contributed by atoms with Crippen molar-refractivity contribution in [2.75, 3.05) is 13.7 Å². The Morgan fingerprint density at radius 1 is 1.10 bits per heavy atom. The fourth-order valence-electron chi connectivity index (χ4n) is 4.81. The molecule has 0 saturated heterocycles. The van der Waals surface area contributed by atoms with Crippen LogP contribution in [0.1, 0.15) is 56.1 Å². The summed E-state index contributed by atoms with van der Waals surface area (Å²) < 4.78 is 7.13. The monoisotopic (exact) mass is 550 g/mol. The van der Waals surface area contributed by atoms with Gasteiger partial charge in [-0.15, -0.1) is 10.2 Å². The van der Waals surface area contributed by atoms with E-state index in [1.165, 1.54) is 7.11 Å². The molecule has 0 spiro atoms. The van der Waals surface area contributed by atoms with Crippen molar-refractivity contribution in [1.29, 1.82) is 0 Å². The SMILES string of the molecule is CCCCc1nc(Cl)c([C@](N)(CCCCN)C(=O)OC)n1Cc1ccc(-c2ccccc2-c2nn[nH]n2)cc1. The number of nitrogens with two attached hydrogens (primary N) is 2. The molecule has 2 heterocycles. The van der Waals surface area contributed by atoms with Gasteiger partial charge in [0.25, 0.3) is 0 Å². The van der Waals surface area contributed by atoms with E-state index in [9.17, 15) is 4.79 Å². The highest BCUT2D eigenvalue weighted by Gasteiger charge is 2.42. The van der Waals surface area contributed by atoms with E-state index in [2.05, 4.69) is 44.7 Å². The number of hydrogen-bond acceptors (Lipinski definition) is 8. The van der Waals surface area contributed by atoms with Crippen molar-refractivity contribution in [2.24, 2.45) is 11.5 Å². The number of nitrogens with zero attached hydrogens (tertiary/aromatic N) is 5. The van der Waals surface area contributed by atoms with Gasteiger partial charge in [0, 0.05) is 18.5 Å². The van der Waals surface area contributed by atoms with E-state index in [0.29, 0.717) is 43.9 Å². The molecule has 0 unspecified atom stereocenters. The predicted octanol–water partition coefficient (Wildman–Crippen LogP) is 4.23. The summed E-state index contributed by atoms with van der Waals surface area (Å²) in [5.74, 6) is 0.781. The van der Waals surface area contributed by atoms with Crippen LogP contribution in [0.25, 0.3) is 22.5 Å². The summed E-state index contributed by atoms with van der Waals surface area (Å²) in [4.78, 5) is 17.7. The predicted molar refractivity (Wildman–Crippen MR) is 151 cm³/mol. The molecule has 0 aliphatic carbocycles. The average Bonchev–Trinajstić information content (AvgIpc) is 3.60. The van der Waals surface area contributed by atoms with Gasteiger partial charge in [-0.1, -0.05) is 73.5 Å². The molecule has 4 aromatic rings. The van der Waals surface area contributed by atoms with Crippen molar-refractivity contribution in [3.05, 3.63) is 70.8 Å². The van der Waals surface area contributed by atoms with Crippen LogP contribution in [0.3, 0.4) is 0 Å². The fraction of sp³-hybridized carbons (Fsp3) is 0.393. The molecular weight excluding hydrogens is 516 g/mol. The lowest BCUT2D eigenvalue weighted by Gasteiger charge is -2.28. The number of H-pyrrole nitrogens is 1. The van der Waals surface area contributed by atoms with Crippen LogP contribution in [-0.4, -0.2) is 49.8 Å². The number of imidazole rings is 1. The first-order chi connectivity index (χ1) is 18.9. The van der Waals surface area contributed by atoms with Gasteiger partial charge >= 0.3 is 5.97 Å². The normalized spacial score (nSPS) is 12.8. The number of hydrogen-bond donors (Lipinski definition) is 3. The molecule has 11 heteroatoms. The Kier molecular flexibility index (Phi) is 9.45. The number of carbonyl (C=O) groups is 1. The average molecular weight is 551 g/mol. The van der Waals surface area contributed by atoms with Gasteiger partial charge in [-0.05, 0) is 54.1 Å². The number of esters is 1. The smallest absolute Gasteiger partial charge is 0.332 e. The van der Waals surface area contributed by atoms with Crippen LogP contribution in [-0.2, 0) is 28.0 Å². The molecule has 0 saturated carbocycles. The number of rotatable bonds is 13. The van der Waals surface area contributed by atoms with Gasteiger partial charge in [-0.25, -0.2) is 9.78 Å². The highest BCUT2D eigenvalue weighted by atomic mass is 35.5. The number of aromatic nitrogens is 6. The highest BCUT2D eigenvalue weighted by molar-refractivity contribution is 6.30. The molecule has 39 heavy (non-hydrogen) atoms. The molecule has 0 radical (unpaired) electrons. The minimum absolute atomic E-state index is 0.229. The number of methoxy groups -OCH3 is 1. The van der Waals surface area contributed by atoms with Crippen molar-refractivity contribution < 1.29 is 9.53 Å². The maximum absolute atomic E-state index is 13.0. The Labute approximate surface area is 233 Å². The first kappa shape index (κ1) is 28.4. The molecule has 0 aliphatic rings. The van der Waals surface area contributed by atoms with E-state index in [1.807, 2.05) is 41.0 Å². The molecular formula is C28H35ClN8O2. The number of tetrazole rings is 1. The van der Waals surface area contributed by atoms with Gasteiger partial charge in [0.15, 0.2) is 10.7 Å². The fourth-order valence-corrected chi connectivity index (χ4v) is 5.18. The quantitative estimate of drug-likeness (QED) is 0.165. The summed E-state index contributed by atoms with van der Waals surface area (Å²) >= 11 is 6.70. The standard InChI is InChI=1S/C28H35ClN8O2/c1-3-4-11-23-32-25(29)24(28(31,27(38)39-2)16-7-8-17-30)37(23)18-19-12-14-20(15-13-19)21-9-5-6-10-22(21)26-33-35-36-34-26/h5-6,9-10,12-15H,3-4,7-8,11,16-18,30-31H2,1-2H3,(H,33,34,35,36)/t28-/m1/s1. The van der Waals surface area contributed by atoms with Gasteiger partial charge in [-0.3, -0.25) is 0 Å². The number of unbranched alkanes of at least 4 members (excludes halogenated alkanes) is 2. The summed E-state index contributed by atoms with van der Waals surface area (Å²) in [6, 6.07) is 16.1. The van der Waals surface area contributed by atoms with Crippen LogP contribution >= 0.6 is 11.6 Å². The Balaban J connectivity index is 1.71. The summed E-state index contributed by atoms with van der Waals surface area (Å²) in [5.41, 5.74) is 15.4. The van der Waals surface area contributed by atoms with Gasteiger partial charge in [0.2, 0.25) is 5.82 Å². The van der Waals surface area contributed by atoms with Crippen molar-refractivity contribution in [2.45, 2.75) is 57.5 Å². The van der Waals surface area contributed by atoms with E-state index >= 15 is 0 Å². The summed E-state index contributed by atoms with van der Waals surface area (Å²) in [7, 11) is 1.34. The van der Waals surface area contributed by atoms with Crippen molar-refractivity contribution in [1.82, 2.24) is 30.2 Å². The second-order valence-electron chi connectivity index (χ2n) is 9.54. The molecule has 0 fully saturated rings. The number of halogens is 1. The lowest BCUT2D eigenvalue weighted by molar-refractivity contribution is -0.148.